The molecular weight excluding hydrogens is 383 g/mol. The fourth-order valence-electron chi connectivity index (χ4n) is 4.06. The van der Waals surface area contributed by atoms with Crippen LogP contribution >= 0.6 is 0 Å². The molecule has 154 valence electrons. The SMILES string of the molecule is CN1CC2(CCN(Cc3cccc(C(F)(F)F)c3)CC2)Oc2ncccc2C1=O. The molecule has 1 saturated heterocycles. The molecule has 4 rings (SSSR count). The maximum atomic E-state index is 12.9. The molecular formula is C21H22F3N3O2. The Hall–Kier alpha value is -2.61. The van der Waals surface area contributed by atoms with E-state index in [0.717, 1.165) is 6.07 Å². The highest BCUT2D eigenvalue weighted by molar-refractivity contribution is 5.96. The third-order valence-electron chi connectivity index (χ3n) is 5.61. The maximum absolute atomic E-state index is 12.9. The summed E-state index contributed by atoms with van der Waals surface area (Å²) in [4.78, 5) is 20.6. The second-order valence-corrected chi connectivity index (χ2v) is 7.78. The highest BCUT2D eigenvalue weighted by Crippen LogP contribution is 2.35. The molecule has 1 fully saturated rings. The Labute approximate surface area is 167 Å². The van der Waals surface area contributed by atoms with E-state index in [0.29, 0.717) is 56.0 Å². The van der Waals surface area contributed by atoms with Crippen molar-refractivity contribution in [2.24, 2.45) is 0 Å². The number of carbonyl (C=O) groups is 1. The Bertz CT molecular complexity index is 908. The number of amides is 1. The first-order valence-electron chi connectivity index (χ1n) is 9.54. The molecule has 1 amide bonds. The molecule has 29 heavy (non-hydrogen) atoms. The van der Waals surface area contributed by atoms with Gasteiger partial charge in [-0.2, -0.15) is 13.2 Å². The highest BCUT2D eigenvalue weighted by Gasteiger charge is 2.42. The van der Waals surface area contributed by atoms with Crippen molar-refractivity contribution in [1.29, 1.82) is 0 Å². The van der Waals surface area contributed by atoms with Crippen LogP contribution in [0.3, 0.4) is 0 Å². The fraction of sp³-hybridized carbons (Fsp3) is 0.429. The summed E-state index contributed by atoms with van der Waals surface area (Å²) in [7, 11) is 1.75. The quantitative estimate of drug-likeness (QED) is 0.766. The molecule has 3 heterocycles. The minimum atomic E-state index is -4.34. The van der Waals surface area contributed by atoms with Gasteiger partial charge in [0, 0.05) is 45.7 Å². The van der Waals surface area contributed by atoms with Crippen LogP contribution < -0.4 is 4.74 Å². The van der Waals surface area contributed by atoms with Crippen LogP contribution in [-0.4, -0.2) is 53.0 Å². The van der Waals surface area contributed by atoms with Gasteiger partial charge >= 0.3 is 6.18 Å². The third kappa shape index (κ3) is 4.07. The van der Waals surface area contributed by atoms with Crippen molar-refractivity contribution in [2.75, 3.05) is 26.7 Å². The van der Waals surface area contributed by atoms with E-state index in [4.69, 9.17) is 4.74 Å². The van der Waals surface area contributed by atoms with E-state index in [-0.39, 0.29) is 5.91 Å². The second kappa shape index (κ2) is 7.33. The number of aromatic nitrogens is 1. The average molecular weight is 405 g/mol. The number of alkyl halides is 3. The minimum absolute atomic E-state index is 0.114. The standard InChI is InChI=1S/C21H22F3N3O2/c1-26-14-20(29-18-17(19(26)28)6-3-9-25-18)7-10-27(11-8-20)13-15-4-2-5-16(12-15)21(22,23)24/h2-6,9,12H,7-8,10-11,13-14H2,1H3. The third-order valence-corrected chi connectivity index (χ3v) is 5.61. The Balaban J connectivity index is 1.46. The number of rotatable bonds is 2. The number of likely N-dealkylation sites (tertiary alicyclic amines) is 1. The molecule has 1 spiro atoms. The minimum Gasteiger partial charge on any atom is -0.468 e. The zero-order chi connectivity index (χ0) is 20.6. The molecule has 0 unspecified atom stereocenters. The van der Waals surface area contributed by atoms with Crippen molar-refractivity contribution in [2.45, 2.75) is 31.2 Å². The lowest BCUT2D eigenvalue weighted by Crippen LogP contribution is -2.53. The van der Waals surface area contributed by atoms with Gasteiger partial charge in [-0.1, -0.05) is 18.2 Å². The van der Waals surface area contributed by atoms with Crippen LogP contribution in [0.25, 0.3) is 0 Å². The molecule has 0 bridgehead atoms. The Kier molecular flexibility index (Phi) is 4.98. The number of fused-ring (bicyclic) bond motifs is 1. The Morgan fingerprint density at radius 2 is 1.93 bits per heavy atom. The molecule has 8 heteroatoms. The van der Waals surface area contributed by atoms with Crippen LogP contribution in [0.15, 0.2) is 42.6 Å². The summed E-state index contributed by atoms with van der Waals surface area (Å²) in [5, 5.41) is 0. The molecule has 0 saturated carbocycles. The number of pyridine rings is 1. The van der Waals surface area contributed by atoms with Crippen LogP contribution in [0.1, 0.15) is 34.3 Å². The lowest BCUT2D eigenvalue weighted by atomic mass is 9.90. The summed E-state index contributed by atoms with van der Waals surface area (Å²) in [6, 6.07) is 8.88. The number of piperidine rings is 1. The van der Waals surface area contributed by atoms with Gasteiger partial charge in [0.1, 0.15) is 11.2 Å². The van der Waals surface area contributed by atoms with Gasteiger partial charge in [0.25, 0.3) is 5.91 Å². The molecule has 5 nitrogen and oxygen atoms in total. The number of carbonyl (C=O) groups excluding carboxylic acids is 1. The number of hydrogen-bond acceptors (Lipinski definition) is 4. The van der Waals surface area contributed by atoms with Gasteiger partial charge in [-0.05, 0) is 23.8 Å². The number of ether oxygens (including phenoxy) is 1. The van der Waals surface area contributed by atoms with Gasteiger partial charge in [0.15, 0.2) is 0 Å². The predicted molar refractivity (Wildman–Crippen MR) is 101 cm³/mol. The molecule has 0 N–H and O–H groups in total. The van der Waals surface area contributed by atoms with Crippen LogP contribution in [0, 0.1) is 0 Å². The van der Waals surface area contributed by atoms with Gasteiger partial charge in [0.2, 0.25) is 5.88 Å². The van der Waals surface area contributed by atoms with Crippen LogP contribution in [0.2, 0.25) is 0 Å². The van der Waals surface area contributed by atoms with E-state index in [1.165, 1.54) is 12.1 Å². The maximum Gasteiger partial charge on any atom is 0.416 e. The summed E-state index contributed by atoms with van der Waals surface area (Å²) < 4.78 is 45.1. The zero-order valence-corrected chi connectivity index (χ0v) is 16.1. The highest BCUT2D eigenvalue weighted by atomic mass is 19.4. The van der Waals surface area contributed by atoms with Crippen molar-refractivity contribution in [3.63, 3.8) is 0 Å². The van der Waals surface area contributed by atoms with Gasteiger partial charge in [0.05, 0.1) is 12.1 Å². The van der Waals surface area contributed by atoms with E-state index in [2.05, 4.69) is 9.88 Å². The van der Waals surface area contributed by atoms with Crippen molar-refractivity contribution >= 4 is 5.91 Å². The second-order valence-electron chi connectivity index (χ2n) is 7.78. The van der Waals surface area contributed by atoms with Gasteiger partial charge < -0.3 is 9.64 Å². The summed E-state index contributed by atoms with van der Waals surface area (Å²) in [5.41, 5.74) is -0.0672. The largest absolute Gasteiger partial charge is 0.468 e. The van der Waals surface area contributed by atoms with E-state index in [1.54, 1.807) is 36.3 Å². The lowest BCUT2D eigenvalue weighted by molar-refractivity contribution is -0.137. The summed E-state index contributed by atoms with van der Waals surface area (Å²) in [6.07, 6.45) is -1.40. The topological polar surface area (TPSA) is 45.7 Å². The summed E-state index contributed by atoms with van der Waals surface area (Å²) in [6.45, 7) is 2.24. The molecule has 0 aliphatic carbocycles. The molecule has 2 aromatic rings. The normalized spacial score (nSPS) is 19.6. The van der Waals surface area contributed by atoms with Crippen molar-refractivity contribution in [3.05, 3.63) is 59.3 Å². The number of halogens is 3. The summed E-state index contributed by atoms with van der Waals surface area (Å²) >= 11 is 0. The molecule has 0 atom stereocenters. The van der Waals surface area contributed by atoms with Crippen LogP contribution in [0.5, 0.6) is 5.88 Å². The first kappa shape index (κ1) is 19.7. The lowest BCUT2D eigenvalue weighted by Gasteiger charge is -2.42. The van der Waals surface area contributed by atoms with E-state index >= 15 is 0 Å². The predicted octanol–water partition coefficient (Wildman–Crippen LogP) is 3.60. The number of hydrogen-bond donors (Lipinski definition) is 0. The van der Waals surface area contributed by atoms with Crippen molar-refractivity contribution < 1.29 is 22.7 Å². The Morgan fingerprint density at radius 3 is 2.66 bits per heavy atom. The number of benzene rings is 1. The van der Waals surface area contributed by atoms with E-state index < -0.39 is 17.3 Å². The van der Waals surface area contributed by atoms with E-state index in [9.17, 15) is 18.0 Å². The fourth-order valence-corrected chi connectivity index (χ4v) is 4.06. The first-order chi connectivity index (χ1) is 13.8. The monoisotopic (exact) mass is 405 g/mol. The number of likely N-dealkylation sites (N-methyl/N-ethyl adjacent to an activating group) is 1. The molecule has 1 aromatic carbocycles. The van der Waals surface area contributed by atoms with Gasteiger partial charge in [-0.3, -0.25) is 9.69 Å². The zero-order valence-electron chi connectivity index (χ0n) is 16.1. The van der Waals surface area contributed by atoms with Gasteiger partial charge in [-0.25, -0.2) is 4.98 Å². The summed E-state index contributed by atoms with van der Waals surface area (Å²) in [5.74, 6) is 0.240. The van der Waals surface area contributed by atoms with E-state index in [1.807, 2.05) is 0 Å². The first-order valence-corrected chi connectivity index (χ1v) is 9.54. The van der Waals surface area contributed by atoms with Crippen molar-refractivity contribution in [1.82, 2.24) is 14.8 Å². The Morgan fingerprint density at radius 1 is 1.17 bits per heavy atom. The number of nitrogens with zero attached hydrogens (tertiary/aromatic N) is 3. The van der Waals surface area contributed by atoms with Gasteiger partial charge in [-0.15, -0.1) is 0 Å². The van der Waals surface area contributed by atoms with Crippen molar-refractivity contribution in [3.8, 4) is 5.88 Å². The molecule has 0 radical (unpaired) electrons. The smallest absolute Gasteiger partial charge is 0.416 e. The molecule has 2 aliphatic heterocycles. The van der Waals surface area contributed by atoms with Crippen LogP contribution in [-0.2, 0) is 12.7 Å². The van der Waals surface area contributed by atoms with Crippen LogP contribution in [0.4, 0.5) is 13.2 Å². The molecule has 1 aromatic heterocycles. The molecule has 2 aliphatic rings. The average Bonchev–Trinajstić information content (AvgIpc) is 2.79.